The molecular weight excluding hydrogens is 174 g/mol. The van der Waals surface area contributed by atoms with Crippen molar-refractivity contribution < 1.29 is 30.3 Å². The van der Waals surface area contributed by atoms with Crippen molar-refractivity contribution in [2.24, 2.45) is 0 Å². The third kappa shape index (κ3) is 1.58. The predicted octanol–water partition coefficient (Wildman–Crippen LogP) is -3.22. The molecule has 0 aromatic rings. The van der Waals surface area contributed by atoms with Gasteiger partial charge in [-0.1, -0.05) is 0 Å². The second kappa shape index (κ2) is 3.65. The molecule has 72 valence electrons. The quantitative estimate of drug-likeness (QED) is 0.275. The molecule has 0 aliphatic carbocycles. The minimum atomic E-state index is -1.57. The second-order valence-corrected chi connectivity index (χ2v) is 2.72. The van der Waals surface area contributed by atoms with Crippen LogP contribution in [-0.2, 0) is 4.74 Å². The van der Waals surface area contributed by atoms with Crippen LogP contribution in [0.5, 0.6) is 0 Å². The minimum absolute atomic E-state index is 0.526. The molecular formula is C6H12O6. The van der Waals surface area contributed by atoms with Gasteiger partial charge in [0.25, 0.3) is 0 Å². The van der Waals surface area contributed by atoms with E-state index in [0.29, 0.717) is 0 Å². The summed E-state index contributed by atoms with van der Waals surface area (Å²) in [7, 11) is 0. The summed E-state index contributed by atoms with van der Waals surface area (Å²) in [5.74, 6) is 0. The molecule has 5 atom stereocenters. The highest BCUT2D eigenvalue weighted by molar-refractivity contribution is 4.87. The molecule has 0 radical (unpaired) electrons. The molecule has 0 aromatic heterocycles. The van der Waals surface area contributed by atoms with Crippen molar-refractivity contribution in [3.63, 3.8) is 0 Å². The summed E-state index contributed by atoms with van der Waals surface area (Å²) in [6.07, 6.45) is -7.04. The summed E-state index contributed by atoms with van der Waals surface area (Å²) in [5.41, 5.74) is 0. The van der Waals surface area contributed by atoms with E-state index in [-0.39, 0.29) is 0 Å². The molecule has 0 amide bonds. The maximum atomic E-state index is 9.12. The van der Waals surface area contributed by atoms with Gasteiger partial charge >= 0.3 is 0 Å². The molecule has 0 spiro atoms. The van der Waals surface area contributed by atoms with Gasteiger partial charge in [0.05, 0.1) is 6.61 Å². The van der Waals surface area contributed by atoms with Gasteiger partial charge in [0.15, 0.2) is 6.29 Å². The van der Waals surface area contributed by atoms with Gasteiger partial charge in [0.2, 0.25) is 0 Å². The number of aliphatic hydroxyl groups excluding tert-OH is 5. The standard InChI is InChI=1S/C6H12O6/c7-1-2-3(8)4(9)5(10)6(11)12-2/h2-11H,1H2/t2-,3+,4+,5-,6?/m0/s1/i1+1,2+1,3+1,4+1,5+1,6+1. The zero-order valence-corrected chi connectivity index (χ0v) is 6.24. The van der Waals surface area contributed by atoms with Crippen LogP contribution in [0.25, 0.3) is 0 Å². The first-order chi connectivity index (χ1) is 5.57. The van der Waals surface area contributed by atoms with E-state index >= 15 is 0 Å². The normalized spacial score (nSPS) is 49.2. The van der Waals surface area contributed by atoms with Gasteiger partial charge in [-0.05, 0) is 0 Å². The highest BCUT2D eigenvalue weighted by atomic mass is 16.8. The maximum Gasteiger partial charge on any atom is 0.184 e. The van der Waals surface area contributed by atoms with Gasteiger partial charge in [-0.25, -0.2) is 0 Å². The van der Waals surface area contributed by atoms with Crippen LogP contribution in [0.15, 0.2) is 0 Å². The van der Waals surface area contributed by atoms with Crippen molar-refractivity contribution in [3.8, 4) is 0 Å². The number of rotatable bonds is 1. The van der Waals surface area contributed by atoms with Crippen molar-refractivity contribution in [2.45, 2.75) is 30.7 Å². The zero-order valence-electron chi connectivity index (χ0n) is 6.24. The van der Waals surface area contributed by atoms with E-state index in [9.17, 15) is 0 Å². The molecule has 0 aromatic carbocycles. The first-order valence-corrected chi connectivity index (χ1v) is 3.56. The number of ether oxygens (including phenoxy) is 1. The van der Waals surface area contributed by atoms with Crippen LogP contribution in [-0.4, -0.2) is 62.8 Å². The van der Waals surface area contributed by atoms with E-state index in [1.807, 2.05) is 0 Å². The smallest absolute Gasteiger partial charge is 0.184 e. The summed E-state index contributed by atoms with van der Waals surface area (Å²) in [6, 6.07) is 0. The van der Waals surface area contributed by atoms with Crippen molar-refractivity contribution in [2.75, 3.05) is 6.61 Å². The summed E-state index contributed by atoms with van der Waals surface area (Å²) in [6.45, 7) is -0.526. The molecule has 12 heavy (non-hydrogen) atoms. The van der Waals surface area contributed by atoms with E-state index in [1.165, 1.54) is 0 Å². The summed E-state index contributed by atoms with van der Waals surface area (Å²) in [4.78, 5) is 0. The Balaban J connectivity index is 2.63. The van der Waals surface area contributed by atoms with Crippen molar-refractivity contribution >= 4 is 0 Å². The van der Waals surface area contributed by atoms with Gasteiger partial charge in [-0.3, -0.25) is 0 Å². The monoisotopic (exact) mass is 186 g/mol. The Labute approximate surface area is 68.6 Å². The number of aliphatic hydroxyl groups is 5. The van der Waals surface area contributed by atoms with E-state index in [0.717, 1.165) is 0 Å². The zero-order chi connectivity index (χ0) is 9.30. The molecule has 1 saturated heterocycles. The van der Waals surface area contributed by atoms with Gasteiger partial charge in [0, 0.05) is 0 Å². The Hall–Kier alpha value is -0.240. The van der Waals surface area contributed by atoms with Gasteiger partial charge in [-0.2, -0.15) is 0 Å². The minimum Gasteiger partial charge on any atom is -0.394 e. The van der Waals surface area contributed by atoms with Crippen molar-refractivity contribution in [3.05, 3.63) is 0 Å². The lowest BCUT2D eigenvalue weighted by Gasteiger charge is -2.37. The molecule has 6 nitrogen and oxygen atoms in total. The Morgan fingerprint density at radius 2 is 1.50 bits per heavy atom. The maximum absolute atomic E-state index is 9.12. The van der Waals surface area contributed by atoms with E-state index in [1.54, 1.807) is 0 Å². The predicted molar refractivity (Wildman–Crippen MR) is 36.0 cm³/mol. The number of hydrogen-bond donors (Lipinski definition) is 5. The van der Waals surface area contributed by atoms with Gasteiger partial charge in [-0.15, -0.1) is 0 Å². The fraction of sp³-hybridized carbons (Fsp3) is 1.00. The fourth-order valence-electron chi connectivity index (χ4n) is 1.08. The molecule has 6 heteroatoms. The van der Waals surface area contributed by atoms with E-state index in [4.69, 9.17) is 25.5 Å². The van der Waals surface area contributed by atoms with Crippen LogP contribution in [0.1, 0.15) is 0 Å². The second-order valence-electron chi connectivity index (χ2n) is 2.72. The molecule has 1 rings (SSSR count). The summed E-state index contributed by atoms with van der Waals surface area (Å²) < 4.78 is 4.58. The van der Waals surface area contributed by atoms with E-state index < -0.39 is 37.3 Å². The van der Waals surface area contributed by atoms with Crippen LogP contribution < -0.4 is 0 Å². The van der Waals surface area contributed by atoms with E-state index in [2.05, 4.69) is 4.74 Å². The lowest BCUT2D eigenvalue weighted by Crippen LogP contribution is -2.58. The van der Waals surface area contributed by atoms with Crippen LogP contribution >= 0.6 is 0 Å². The lowest BCUT2D eigenvalue weighted by atomic mass is 10.9. The first-order valence-electron chi connectivity index (χ1n) is 3.56. The number of hydrogen-bond acceptors (Lipinski definition) is 6. The first kappa shape index (κ1) is 9.85. The average Bonchev–Trinajstić information content (AvgIpc) is 2.08. The molecule has 1 unspecified atom stereocenters. The average molecular weight is 186 g/mol. The third-order valence-corrected chi connectivity index (χ3v) is 1.87. The third-order valence-electron chi connectivity index (χ3n) is 1.87. The van der Waals surface area contributed by atoms with Crippen molar-refractivity contribution in [1.82, 2.24) is 0 Å². The molecule has 1 heterocycles. The Morgan fingerprint density at radius 1 is 0.917 bits per heavy atom. The molecule has 1 aliphatic heterocycles. The van der Waals surface area contributed by atoms with Crippen LogP contribution in [0.4, 0.5) is 0 Å². The van der Waals surface area contributed by atoms with Crippen LogP contribution in [0.3, 0.4) is 0 Å². The Bertz CT molecular complexity index is 146. The molecule has 0 saturated carbocycles. The highest BCUT2D eigenvalue weighted by Crippen LogP contribution is 2.18. The summed E-state index contributed by atoms with van der Waals surface area (Å²) in [5, 5.41) is 44.7. The molecule has 0 bridgehead atoms. The lowest BCUT2D eigenvalue weighted by molar-refractivity contribution is -0.286. The van der Waals surface area contributed by atoms with Crippen LogP contribution in [0.2, 0.25) is 0 Å². The Morgan fingerprint density at radius 3 is 2.00 bits per heavy atom. The fourth-order valence-corrected chi connectivity index (χ4v) is 1.08. The molecule has 1 aliphatic rings. The van der Waals surface area contributed by atoms with Crippen molar-refractivity contribution in [1.29, 1.82) is 0 Å². The molecule has 1 fully saturated rings. The largest absolute Gasteiger partial charge is 0.394 e. The topological polar surface area (TPSA) is 110 Å². The van der Waals surface area contributed by atoms with Crippen LogP contribution in [0, 0.1) is 0 Å². The Kier molecular flexibility index (Phi) is 2.99. The summed E-state index contributed by atoms with van der Waals surface area (Å²) >= 11 is 0. The molecule has 5 N–H and O–H groups in total. The SMILES string of the molecule is O[13CH2][13C@@H]1O[13CH](O)[13C@@H](O)[13C@H](O)[13C@@H]1O. The van der Waals surface area contributed by atoms with Gasteiger partial charge < -0.3 is 30.3 Å². The van der Waals surface area contributed by atoms with Gasteiger partial charge in [0.1, 0.15) is 24.4 Å². The highest BCUT2D eigenvalue weighted by Gasteiger charge is 2.42.